The van der Waals surface area contributed by atoms with E-state index < -0.39 is 5.97 Å². The number of carbonyl (C=O) groups excluding carboxylic acids is 1. The molecule has 0 spiro atoms. The molecule has 0 radical (unpaired) electrons. The molecule has 102 valence electrons. The Bertz CT molecular complexity index is 492. The van der Waals surface area contributed by atoms with E-state index in [1.54, 1.807) is 7.05 Å². The van der Waals surface area contributed by atoms with Gasteiger partial charge in [-0.05, 0) is 13.1 Å². The van der Waals surface area contributed by atoms with Crippen molar-refractivity contribution in [2.24, 2.45) is 5.92 Å². The number of carbonyl (C=O) groups is 2. The predicted molar refractivity (Wildman–Crippen MR) is 67.0 cm³/mol. The molecule has 1 aromatic heterocycles. The minimum Gasteiger partial charge on any atom is -0.478 e. The van der Waals surface area contributed by atoms with Gasteiger partial charge in [0.2, 0.25) is 5.91 Å². The zero-order valence-electron chi connectivity index (χ0n) is 10.4. The largest absolute Gasteiger partial charge is 0.478 e. The van der Waals surface area contributed by atoms with Crippen molar-refractivity contribution in [1.82, 2.24) is 10.3 Å². The standard InChI is InChI=1S/C12H15N3O4/c1-13-10-6-19-5-9(10)11(16)15-8-2-7(12(17)18)3-14-4-8/h2-4,9-10,13H,5-6H2,1H3,(H,15,16)(H,17,18). The topological polar surface area (TPSA) is 101 Å². The third-order valence-corrected chi connectivity index (χ3v) is 3.04. The van der Waals surface area contributed by atoms with Gasteiger partial charge in [-0.2, -0.15) is 0 Å². The van der Waals surface area contributed by atoms with Gasteiger partial charge in [0.05, 0.1) is 36.6 Å². The molecule has 0 aliphatic carbocycles. The van der Waals surface area contributed by atoms with Gasteiger partial charge in [0.25, 0.3) is 0 Å². The van der Waals surface area contributed by atoms with Gasteiger partial charge in [-0.1, -0.05) is 0 Å². The molecule has 7 heteroatoms. The van der Waals surface area contributed by atoms with Gasteiger partial charge < -0.3 is 20.5 Å². The molecule has 0 bridgehead atoms. The lowest BCUT2D eigenvalue weighted by Gasteiger charge is -2.16. The highest BCUT2D eigenvalue weighted by molar-refractivity contribution is 5.95. The smallest absolute Gasteiger partial charge is 0.337 e. The van der Waals surface area contributed by atoms with Crippen LogP contribution in [0.25, 0.3) is 0 Å². The first kappa shape index (κ1) is 13.4. The van der Waals surface area contributed by atoms with Gasteiger partial charge in [-0.3, -0.25) is 9.78 Å². The maximum absolute atomic E-state index is 12.1. The van der Waals surface area contributed by atoms with Crippen LogP contribution in [0, 0.1) is 5.92 Å². The summed E-state index contributed by atoms with van der Waals surface area (Å²) in [4.78, 5) is 26.7. The van der Waals surface area contributed by atoms with Crippen molar-refractivity contribution in [2.45, 2.75) is 6.04 Å². The lowest BCUT2D eigenvalue weighted by atomic mass is 10.0. The first-order valence-corrected chi connectivity index (χ1v) is 5.86. The average molecular weight is 265 g/mol. The van der Waals surface area contributed by atoms with E-state index in [0.29, 0.717) is 18.9 Å². The molecule has 1 fully saturated rings. The Kier molecular flexibility index (Phi) is 4.08. The molecule has 1 aromatic rings. The number of hydrogen-bond donors (Lipinski definition) is 3. The van der Waals surface area contributed by atoms with E-state index in [0.717, 1.165) is 0 Å². The highest BCUT2D eigenvalue weighted by Crippen LogP contribution is 2.17. The van der Waals surface area contributed by atoms with Gasteiger partial charge >= 0.3 is 5.97 Å². The van der Waals surface area contributed by atoms with E-state index in [1.165, 1.54) is 18.5 Å². The van der Waals surface area contributed by atoms with Crippen LogP contribution in [0.3, 0.4) is 0 Å². The summed E-state index contributed by atoms with van der Waals surface area (Å²) in [5, 5.41) is 14.5. The monoisotopic (exact) mass is 265 g/mol. The molecule has 1 aliphatic heterocycles. The number of nitrogens with zero attached hydrogens (tertiary/aromatic N) is 1. The molecule has 1 saturated heterocycles. The number of carboxylic acid groups (broad SMARTS) is 1. The fourth-order valence-corrected chi connectivity index (χ4v) is 1.96. The van der Waals surface area contributed by atoms with E-state index in [9.17, 15) is 9.59 Å². The highest BCUT2D eigenvalue weighted by atomic mass is 16.5. The summed E-state index contributed by atoms with van der Waals surface area (Å²) in [5.74, 6) is -1.58. The maximum Gasteiger partial charge on any atom is 0.337 e. The van der Waals surface area contributed by atoms with Crippen LogP contribution >= 0.6 is 0 Å². The number of pyridine rings is 1. The zero-order chi connectivity index (χ0) is 13.8. The minimum absolute atomic E-state index is 0.0318. The minimum atomic E-state index is -1.08. The van der Waals surface area contributed by atoms with Crippen LogP contribution in [-0.4, -0.2) is 48.3 Å². The van der Waals surface area contributed by atoms with E-state index in [1.807, 2.05) is 0 Å². The molecule has 19 heavy (non-hydrogen) atoms. The van der Waals surface area contributed by atoms with Crippen LogP contribution < -0.4 is 10.6 Å². The third-order valence-electron chi connectivity index (χ3n) is 3.04. The summed E-state index contributed by atoms with van der Waals surface area (Å²) in [5.41, 5.74) is 0.400. The second-order valence-electron chi connectivity index (χ2n) is 4.30. The quantitative estimate of drug-likeness (QED) is 0.706. The Hall–Kier alpha value is -1.99. The maximum atomic E-state index is 12.1. The molecule has 3 N–H and O–H groups in total. The van der Waals surface area contributed by atoms with Gasteiger partial charge in [-0.25, -0.2) is 4.79 Å². The highest BCUT2D eigenvalue weighted by Gasteiger charge is 2.33. The summed E-state index contributed by atoms with van der Waals surface area (Å²) in [6, 6.07) is 1.34. The van der Waals surface area contributed by atoms with Crippen LogP contribution in [0.4, 0.5) is 5.69 Å². The summed E-state index contributed by atoms with van der Waals surface area (Å²) in [6.07, 6.45) is 2.64. The Morgan fingerprint density at radius 3 is 2.89 bits per heavy atom. The Balaban J connectivity index is 2.06. The molecule has 7 nitrogen and oxygen atoms in total. The number of aromatic nitrogens is 1. The van der Waals surface area contributed by atoms with E-state index in [4.69, 9.17) is 9.84 Å². The number of hydrogen-bond acceptors (Lipinski definition) is 5. The number of aromatic carboxylic acids is 1. The number of amides is 1. The molecule has 0 saturated carbocycles. The van der Waals surface area contributed by atoms with Gasteiger partial charge in [-0.15, -0.1) is 0 Å². The van der Waals surface area contributed by atoms with Crippen molar-refractivity contribution in [3.05, 3.63) is 24.0 Å². The summed E-state index contributed by atoms with van der Waals surface area (Å²) in [7, 11) is 1.77. The molecule has 1 aliphatic rings. The molecule has 2 heterocycles. The number of nitrogens with one attached hydrogen (secondary N) is 2. The molecule has 2 atom stereocenters. The molecular weight excluding hydrogens is 250 g/mol. The molecule has 2 unspecified atom stereocenters. The van der Waals surface area contributed by atoms with Gasteiger partial charge in [0.1, 0.15) is 0 Å². The second kappa shape index (κ2) is 5.77. The third kappa shape index (κ3) is 3.07. The number of rotatable bonds is 4. The second-order valence-corrected chi connectivity index (χ2v) is 4.30. The summed E-state index contributed by atoms with van der Waals surface area (Å²) >= 11 is 0. The van der Waals surface area contributed by atoms with Crippen molar-refractivity contribution in [1.29, 1.82) is 0 Å². The Morgan fingerprint density at radius 2 is 2.21 bits per heavy atom. The van der Waals surface area contributed by atoms with E-state index >= 15 is 0 Å². The van der Waals surface area contributed by atoms with Crippen molar-refractivity contribution in [3.8, 4) is 0 Å². The SMILES string of the molecule is CNC1COCC1C(=O)Nc1cncc(C(=O)O)c1. The Labute approximate surface area is 110 Å². The molecule has 0 aromatic carbocycles. The molecule has 1 amide bonds. The first-order chi connectivity index (χ1) is 9.11. The predicted octanol–water partition coefficient (Wildman–Crippen LogP) is -0.0473. The van der Waals surface area contributed by atoms with E-state index in [2.05, 4.69) is 15.6 Å². The lowest BCUT2D eigenvalue weighted by Crippen LogP contribution is -2.39. The average Bonchev–Trinajstić information content (AvgIpc) is 2.87. The molecule has 2 rings (SSSR count). The van der Waals surface area contributed by atoms with Crippen molar-refractivity contribution >= 4 is 17.6 Å². The van der Waals surface area contributed by atoms with Crippen molar-refractivity contribution in [2.75, 3.05) is 25.6 Å². The number of ether oxygens (including phenoxy) is 1. The summed E-state index contributed by atoms with van der Waals surface area (Å²) in [6.45, 7) is 0.839. The fourth-order valence-electron chi connectivity index (χ4n) is 1.96. The van der Waals surface area contributed by atoms with Crippen LogP contribution in [-0.2, 0) is 9.53 Å². The molecular formula is C12H15N3O4. The van der Waals surface area contributed by atoms with Crippen LogP contribution in [0.15, 0.2) is 18.5 Å². The zero-order valence-corrected chi connectivity index (χ0v) is 10.4. The normalized spacial score (nSPS) is 22.2. The van der Waals surface area contributed by atoms with Crippen molar-refractivity contribution in [3.63, 3.8) is 0 Å². The number of likely N-dealkylation sites (N-methyl/N-ethyl adjacent to an activating group) is 1. The summed E-state index contributed by atoms with van der Waals surface area (Å²) < 4.78 is 5.25. The van der Waals surface area contributed by atoms with Crippen molar-refractivity contribution < 1.29 is 19.4 Å². The van der Waals surface area contributed by atoms with E-state index in [-0.39, 0.29) is 23.4 Å². The number of anilines is 1. The lowest BCUT2D eigenvalue weighted by molar-refractivity contribution is -0.120. The number of carboxylic acids is 1. The fraction of sp³-hybridized carbons (Fsp3) is 0.417. The van der Waals surface area contributed by atoms with Gasteiger partial charge in [0, 0.05) is 12.2 Å². The first-order valence-electron chi connectivity index (χ1n) is 5.86. The van der Waals surface area contributed by atoms with Crippen LogP contribution in [0.5, 0.6) is 0 Å². The Morgan fingerprint density at radius 1 is 1.42 bits per heavy atom. The van der Waals surface area contributed by atoms with Gasteiger partial charge in [0.15, 0.2) is 0 Å². The van der Waals surface area contributed by atoms with Crippen LogP contribution in [0.1, 0.15) is 10.4 Å². The van der Waals surface area contributed by atoms with Crippen LogP contribution in [0.2, 0.25) is 0 Å².